The molecule has 1 aromatic carbocycles. The summed E-state index contributed by atoms with van der Waals surface area (Å²) in [4.78, 5) is 0. The van der Waals surface area contributed by atoms with E-state index in [0.29, 0.717) is 12.5 Å². The first-order chi connectivity index (χ1) is 8.36. The lowest BCUT2D eigenvalue weighted by molar-refractivity contribution is -0.138. The van der Waals surface area contributed by atoms with Crippen LogP contribution in [-0.2, 0) is 6.18 Å². The van der Waals surface area contributed by atoms with Crippen molar-refractivity contribution in [2.45, 2.75) is 26.1 Å². The second-order valence-corrected chi connectivity index (χ2v) is 4.68. The van der Waals surface area contributed by atoms with Gasteiger partial charge in [0.1, 0.15) is 0 Å². The molecular formula is C13H19F3N2. The van der Waals surface area contributed by atoms with E-state index in [4.69, 9.17) is 5.73 Å². The summed E-state index contributed by atoms with van der Waals surface area (Å²) in [5.74, 6) is 0.358. The van der Waals surface area contributed by atoms with E-state index in [-0.39, 0.29) is 12.1 Å². The van der Waals surface area contributed by atoms with E-state index in [9.17, 15) is 13.2 Å². The molecule has 2 nitrogen and oxygen atoms in total. The lowest BCUT2D eigenvalue weighted by Gasteiger charge is -2.22. The third kappa shape index (κ3) is 3.99. The number of halogens is 3. The first-order valence-electron chi connectivity index (χ1n) is 5.95. The van der Waals surface area contributed by atoms with Crippen molar-refractivity contribution in [2.75, 3.05) is 13.1 Å². The summed E-state index contributed by atoms with van der Waals surface area (Å²) in [6, 6.07) is 5.10. The molecular weight excluding hydrogens is 241 g/mol. The Morgan fingerprint density at radius 1 is 1.22 bits per heavy atom. The fourth-order valence-corrected chi connectivity index (χ4v) is 1.76. The Labute approximate surface area is 105 Å². The number of hydrogen-bond donors (Lipinski definition) is 2. The highest BCUT2D eigenvalue weighted by Gasteiger charge is 2.34. The van der Waals surface area contributed by atoms with Crippen molar-refractivity contribution in [3.05, 3.63) is 35.4 Å². The predicted molar refractivity (Wildman–Crippen MR) is 66.1 cm³/mol. The number of nitrogens with one attached hydrogen (secondary N) is 1. The van der Waals surface area contributed by atoms with Crippen LogP contribution in [0.25, 0.3) is 0 Å². The van der Waals surface area contributed by atoms with Crippen molar-refractivity contribution in [3.8, 4) is 0 Å². The molecule has 0 aliphatic carbocycles. The minimum Gasteiger partial charge on any atom is -0.329 e. The highest BCUT2D eigenvalue weighted by Crippen LogP contribution is 2.34. The molecule has 0 bridgehead atoms. The maximum Gasteiger partial charge on any atom is 0.416 e. The van der Waals surface area contributed by atoms with Crippen molar-refractivity contribution in [2.24, 2.45) is 11.7 Å². The largest absolute Gasteiger partial charge is 0.416 e. The van der Waals surface area contributed by atoms with Gasteiger partial charge in [-0.25, -0.2) is 0 Å². The first-order valence-corrected chi connectivity index (χ1v) is 5.95. The number of nitrogens with two attached hydrogens (primary N) is 1. The van der Waals surface area contributed by atoms with E-state index in [1.807, 2.05) is 13.8 Å². The molecule has 1 unspecified atom stereocenters. The molecule has 0 aliphatic rings. The van der Waals surface area contributed by atoms with Crippen LogP contribution >= 0.6 is 0 Å². The van der Waals surface area contributed by atoms with Gasteiger partial charge in [-0.1, -0.05) is 32.0 Å². The zero-order valence-corrected chi connectivity index (χ0v) is 10.6. The van der Waals surface area contributed by atoms with Gasteiger partial charge in [0, 0.05) is 12.6 Å². The molecule has 0 aromatic heterocycles. The van der Waals surface area contributed by atoms with E-state index in [0.717, 1.165) is 6.07 Å². The van der Waals surface area contributed by atoms with Gasteiger partial charge in [0.2, 0.25) is 0 Å². The van der Waals surface area contributed by atoms with Crippen LogP contribution in [0.2, 0.25) is 0 Å². The molecule has 3 N–H and O–H groups in total. The first kappa shape index (κ1) is 15.0. The maximum absolute atomic E-state index is 12.9. The van der Waals surface area contributed by atoms with Gasteiger partial charge in [0.25, 0.3) is 0 Å². The van der Waals surface area contributed by atoms with Crippen LogP contribution in [0.3, 0.4) is 0 Å². The van der Waals surface area contributed by atoms with E-state index in [1.54, 1.807) is 6.07 Å². The lowest BCUT2D eigenvalue weighted by atomic mass is 9.99. The maximum atomic E-state index is 12.9. The second-order valence-electron chi connectivity index (χ2n) is 4.68. The molecule has 1 rings (SSSR count). The summed E-state index contributed by atoms with van der Waals surface area (Å²) in [5.41, 5.74) is 5.18. The van der Waals surface area contributed by atoms with Crippen LogP contribution in [0.1, 0.15) is 31.0 Å². The van der Waals surface area contributed by atoms with E-state index in [1.165, 1.54) is 12.1 Å². The van der Waals surface area contributed by atoms with Crippen LogP contribution in [-0.4, -0.2) is 13.1 Å². The Hall–Kier alpha value is -1.07. The average molecular weight is 260 g/mol. The Morgan fingerprint density at radius 3 is 2.33 bits per heavy atom. The molecule has 18 heavy (non-hydrogen) atoms. The predicted octanol–water partition coefficient (Wildman–Crippen LogP) is 2.95. The molecule has 1 atom stereocenters. The topological polar surface area (TPSA) is 38.0 Å². The van der Waals surface area contributed by atoms with E-state index < -0.39 is 17.8 Å². The van der Waals surface area contributed by atoms with Gasteiger partial charge in [-0.05, 0) is 24.1 Å². The summed E-state index contributed by atoms with van der Waals surface area (Å²) in [7, 11) is 0. The molecule has 102 valence electrons. The van der Waals surface area contributed by atoms with Crippen LogP contribution in [0.4, 0.5) is 13.2 Å². The van der Waals surface area contributed by atoms with Gasteiger partial charge in [-0.3, -0.25) is 0 Å². The SMILES string of the molecule is CC(C)CNC(CN)c1ccccc1C(F)(F)F. The summed E-state index contributed by atoms with van der Waals surface area (Å²) < 4.78 is 38.6. The number of hydrogen-bond acceptors (Lipinski definition) is 2. The van der Waals surface area contributed by atoms with Gasteiger partial charge in [-0.2, -0.15) is 13.2 Å². The number of benzene rings is 1. The minimum absolute atomic E-state index is 0.139. The highest BCUT2D eigenvalue weighted by molar-refractivity contribution is 5.32. The zero-order valence-electron chi connectivity index (χ0n) is 10.6. The number of alkyl halides is 3. The summed E-state index contributed by atoms with van der Waals surface area (Å²) in [6.07, 6.45) is -4.34. The Bertz CT molecular complexity index is 375. The average Bonchev–Trinajstić information content (AvgIpc) is 2.29. The van der Waals surface area contributed by atoms with Gasteiger partial charge in [-0.15, -0.1) is 0 Å². The van der Waals surface area contributed by atoms with Crippen LogP contribution in [0.5, 0.6) is 0 Å². The summed E-state index contributed by atoms with van der Waals surface area (Å²) >= 11 is 0. The molecule has 0 spiro atoms. The number of rotatable bonds is 5. The molecule has 0 saturated carbocycles. The second kappa shape index (κ2) is 6.20. The third-order valence-electron chi connectivity index (χ3n) is 2.65. The standard InChI is InChI=1S/C13H19F3N2/c1-9(2)8-18-12(7-17)10-5-3-4-6-11(10)13(14,15)16/h3-6,9,12,18H,7-8,17H2,1-2H3. The lowest BCUT2D eigenvalue weighted by Crippen LogP contribution is -2.32. The molecule has 0 heterocycles. The smallest absolute Gasteiger partial charge is 0.329 e. The summed E-state index contributed by atoms with van der Waals surface area (Å²) in [6.45, 7) is 4.76. The summed E-state index contributed by atoms with van der Waals surface area (Å²) in [5, 5.41) is 3.07. The highest BCUT2D eigenvalue weighted by atomic mass is 19.4. The van der Waals surface area contributed by atoms with Crippen LogP contribution in [0.15, 0.2) is 24.3 Å². The fraction of sp³-hybridized carbons (Fsp3) is 0.538. The quantitative estimate of drug-likeness (QED) is 0.854. The van der Waals surface area contributed by atoms with Crippen molar-refractivity contribution in [3.63, 3.8) is 0 Å². The van der Waals surface area contributed by atoms with Crippen molar-refractivity contribution in [1.82, 2.24) is 5.32 Å². The van der Waals surface area contributed by atoms with Crippen molar-refractivity contribution in [1.29, 1.82) is 0 Å². The van der Waals surface area contributed by atoms with Gasteiger partial charge in [0.05, 0.1) is 5.56 Å². The minimum atomic E-state index is -4.34. The Kier molecular flexibility index (Phi) is 5.16. The Morgan fingerprint density at radius 2 is 1.83 bits per heavy atom. The molecule has 5 heteroatoms. The normalized spacial score (nSPS) is 13.9. The zero-order chi connectivity index (χ0) is 13.8. The molecule has 0 aliphatic heterocycles. The van der Waals surface area contributed by atoms with Crippen molar-refractivity contribution >= 4 is 0 Å². The van der Waals surface area contributed by atoms with Crippen molar-refractivity contribution < 1.29 is 13.2 Å². The van der Waals surface area contributed by atoms with Gasteiger partial charge >= 0.3 is 6.18 Å². The molecule has 1 aromatic rings. The fourth-order valence-electron chi connectivity index (χ4n) is 1.76. The monoisotopic (exact) mass is 260 g/mol. The van der Waals surface area contributed by atoms with Gasteiger partial charge < -0.3 is 11.1 Å². The van der Waals surface area contributed by atoms with Crippen LogP contribution in [0, 0.1) is 5.92 Å². The van der Waals surface area contributed by atoms with E-state index >= 15 is 0 Å². The van der Waals surface area contributed by atoms with E-state index in [2.05, 4.69) is 5.32 Å². The molecule has 0 saturated heterocycles. The van der Waals surface area contributed by atoms with Crippen LogP contribution < -0.4 is 11.1 Å². The molecule has 0 fully saturated rings. The third-order valence-corrected chi connectivity index (χ3v) is 2.65. The van der Waals surface area contributed by atoms with Gasteiger partial charge in [0.15, 0.2) is 0 Å². The Balaban J connectivity index is 2.98. The molecule has 0 amide bonds. The molecule has 0 radical (unpaired) electrons.